The standard InChI is InChI=1S/C20H21FN2O3/c21-18-8-6-16(7-9-18)14-19(24)22-10-12-23(13-11-22)20(25)26-15-17-4-2-1-3-5-17/h1-9H,10-15H2. The van der Waals surface area contributed by atoms with E-state index in [2.05, 4.69) is 0 Å². The van der Waals surface area contributed by atoms with Crippen molar-refractivity contribution in [2.45, 2.75) is 13.0 Å². The van der Waals surface area contributed by atoms with E-state index in [1.807, 2.05) is 30.3 Å². The van der Waals surface area contributed by atoms with Gasteiger partial charge in [0.15, 0.2) is 0 Å². The molecule has 0 unspecified atom stereocenters. The fourth-order valence-corrected chi connectivity index (χ4v) is 2.84. The lowest BCUT2D eigenvalue weighted by Gasteiger charge is -2.34. The first kappa shape index (κ1) is 17.9. The van der Waals surface area contributed by atoms with Crippen molar-refractivity contribution in [3.63, 3.8) is 0 Å². The smallest absolute Gasteiger partial charge is 0.410 e. The van der Waals surface area contributed by atoms with E-state index >= 15 is 0 Å². The van der Waals surface area contributed by atoms with Gasteiger partial charge < -0.3 is 14.5 Å². The van der Waals surface area contributed by atoms with Crippen molar-refractivity contribution in [1.29, 1.82) is 0 Å². The topological polar surface area (TPSA) is 49.9 Å². The highest BCUT2D eigenvalue weighted by Crippen LogP contribution is 2.10. The van der Waals surface area contributed by atoms with Crippen molar-refractivity contribution in [3.05, 3.63) is 71.5 Å². The van der Waals surface area contributed by atoms with E-state index in [0.717, 1.165) is 11.1 Å². The third kappa shape index (κ3) is 4.81. The molecule has 26 heavy (non-hydrogen) atoms. The monoisotopic (exact) mass is 356 g/mol. The number of carbonyl (C=O) groups is 2. The van der Waals surface area contributed by atoms with Crippen LogP contribution >= 0.6 is 0 Å². The Labute approximate surface area is 152 Å². The highest BCUT2D eigenvalue weighted by molar-refractivity contribution is 5.79. The fourth-order valence-electron chi connectivity index (χ4n) is 2.84. The van der Waals surface area contributed by atoms with Crippen LogP contribution in [0.5, 0.6) is 0 Å². The van der Waals surface area contributed by atoms with E-state index < -0.39 is 0 Å². The van der Waals surface area contributed by atoms with E-state index in [9.17, 15) is 14.0 Å². The van der Waals surface area contributed by atoms with Gasteiger partial charge in [-0.25, -0.2) is 9.18 Å². The predicted octanol–water partition coefficient (Wildman–Crippen LogP) is 2.85. The second-order valence-electron chi connectivity index (χ2n) is 6.21. The molecule has 0 spiro atoms. The average Bonchev–Trinajstić information content (AvgIpc) is 2.69. The number of hydrogen-bond donors (Lipinski definition) is 0. The largest absolute Gasteiger partial charge is 0.445 e. The van der Waals surface area contributed by atoms with Crippen LogP contribution in [0.1, 0.15) is 11.1 Å². The molecule has 0 aromatic heterocycles. The highest BCUT2D eigenvalue weighted by atomic mass is 19.1. The second kappa shape index (κ2) is 8.47. The summed E-state index contributed by atoms with van der Waals surface area (Å²) < 4.78 is 18.2. The minimum absolute atomic E-state index is 0.0195. The SMILES string of the molecule is O=C(Cc1ccc(F)cc1)N1CCN(C(=O)OCc2ccccc2)CC1. The predicted molar refractivity (Wildman–Crippen MR) is 94.9 cm³/mol. The summed E-state index contributed by atoms with van der Waals surface area (Å²) >= 11 is 0. The maximum atomic E-state index is 12.9. The summed E-state index contributed by atoms with van der Waals surface area (Å²) in [5, 5.41) is 0. The summed E-state index contributed by atoms with van der Waals surface area (Å²) in [5.74, 6) is -0.335. The van der Waals surface area contributed by atoms with Gasteiger partial charge in [-0.15, -0.1) is 0 Å². The van der Waals surface area contributed by atoms with E-state index in [0.29, 0.717) is 26.2 Å². The van der Waals surface area contributed by atoms with Gasteiger partial charge in [0.25, 0.3) is 0 Å². The lowest BCUT2D eigenvalue weighted by molar-refractivity contribution is -0.132. The van der Waals surface area contributed by atoms with Crippen LogP contribution in [0.2, 0.25) is 0 Å². The normalized spacial score (nSPS) is 14.2. The van der Waals surface area contributed by atoms with Gasteiger partial charge in [0.05, 0.1) is 6.42 Å². The molecular formula is C20H21FN2O3. The van der Waals surface area contributed by atoms with Gasteiger partial charge in [0.2, 0.25) is 5.91 Å². The summed E-state index contributed by atoms with van der Waals surface area (Å²) in [5.41, 5.74) is 1.72. The average molecular weight is 356 g/mol. The zero-order valence-corrected chi connectivity index (χ0v) is 14.4. The van der Waals surface area contributed by atoms with Crippen LogP contribution in [0.15, 0.2) is 54.6 Å². The van der Waals surface area contributed by atoms with Crippen molar-refractivity contribution in [3.8, 4) is 0 Å². The molecule has 2 aromatic rings. The van der Waals surface area contributed by atoms with Crippen LogP contribution in [0.4, 0.5) is 9.18 Å². The number of nitrogens with zero attached hydrogens (tertiary/aromatic N) is 2. The van der Waals surface area contributed by atoms with Crippen molar-refractivity contribution in [2.24, 2.45) is 0 Å². The second-order valence-corrected chi connectivity index (χ2v) is 6.21. The first-order chi connectivity index (χ1) is 12.6. The number of halogens is 1. The quantitative estimate of drug-likeness (QED) is 0.846. The molecule has 0 atom stereocenters. The number of rotatable bonds is 4. The maximum Gasteiger partial charge on any atom is 0.410 e. The number of carbonyl (C=O) groups excluding carboxylic acids is 2. The molecule has 0 aliphatic carbocycles. The molecule has 3 rings (SSSR count). The van der Waals surface area contributed by atoms with Gasteiger partial charge in [-0.1, -0.05) is 42.5 Å². The minimum Gasteiger partial charge on any atom is -0.445 e. The van der Waals surface area contributed by atoms with Crippen LogP contribution in [-0.4, -0.2) is 48.0 Å². The van der Waals surface area contributed by atoms with Crippen molar-refractivity contribution < 1.29 is 18.7 Å². The molecule has 1 aliphatic rings. The Morgan fingerprint density at radius 2 is 1.46 bits per heavy atom. The molecule has 5 nitrogen and oxygen atoms in total. The van der Waals surface area contributed by atoms with E-state index in [1.165, 1.54) is 12.1 Å². The van der Waals surface area contributed by atoms with Crippen molar-refractivity contribution in [1.82, 2.24) is 9.80 Å². The summed E-state index contributed by atoms with van der Waals surface area (Å²) in [6.07, 6.45) is -0.127. The van der Waals surface area contributed by atoms with Gasteiger partial charge in [0.1, 0.15) is 12.4 Å². The third-order valence-corrected chi connectivity index (χ3v) is 4.36. The summed E-state index contributed by atoms with van der Waals surface area (Å²) in [6, 6.07) is 15.4. The zero-order chi connectivity index (χ0) is 18.4. The van der Waals surface area contributed by atoms with Crippen LogP contribution in [0.3, 0.4) is 0 Å². The van der Waals surface area contributed by atoms with E-state index in [1.54, 1.807) is 21.9 Å². The first-order valence-corrected chi connectivity index (χ1v) is 8.59. The number of hydrogen-bond acceptors (Lipinski definition) is 3. The molecule has 1 heterocycles. The number of ether oxygens (including phenoxy) is 1. The summed E-state index contributed by atoms with van der Waals surface area (Å²) in [7, 11) is 0. The highest BCUT2D eigenvalue weighted by Gasteiger charge is 2.25. The molecule has 0 radical (unpaired) electrons. The van der Waals surface area contributed by atoms with Gasteiger partial charge in [-0.05, 0) is 23.3 Å². The summed E-state index contributed by atoms with van der Waals surface area (Å²) in [4.78, 5) is 27.8. The van der Waals surface area contributed by atoms with Crippen LogP contribution < -0.4 is 0 Å². The van der Waals surface area contributed by atoms with Crippen molar-refractivity contribution >= 4 is 12.0 Å². The molecule has 0 bridgehead atoms. The lowest BCUT2D eigenvalue weighted by Crippen LogP contribution is -2.51. The van der Waals surface area contributed by atoms with E-state index in [4.69, 9.17) is 4.74 Å². The Morgan fingerprint density at radius 3 is 2.12 bits per heavy atom. The lowest BCUT2D eigenvalue weighted by atomic mass is 10.1. The fraction of sp³-hybridized carbons (Fsp3) is 0.300. The number of amides is 2. The van der Waals surface area contributed by atoms with Gasteiger partial charge >= 0.3 is 6.09 Å². The third-order valence-electron chi connectivity index (χ3n) is 4.36. The molecule has 6 heteroatoms. The molecule has 2 aromatic carbocycles. The molecule has 136 valence electrons. The number of benzene rings is 2. The zero-order valence-electron chi connectivity index (χ0n) is 14.4. The molecule has 1 aliphatic heterocycles. The Hall–Kier alpha value is -2.89. The van der Waals surface area contributed by atoms with Crippen LogP contribution in [0.25, 0.3) is 0 Å². The number of piperazine rings is 1. The molecular weight excluding hydrogens is 335 g/mol. The van der Waals surface area contributed by atoms with Gasteiger partial charge in [0, 0.05) is 26.2 Å². The Morgan fingerprint density at radius 1 is 0.846 bits per heavy atom. The molecule has 2 amide bonds. The van der Waals surface area contributed by atoms with Crippen molar-refractivity contribution in [2.75, 3.05) is 26.2 Å². The molecule has 0 N–H and O–H groups in total. The Balaban J connectivity index is 1.43. The van der Waals surface area contributed by atoms with E-state index in [-0.39, 0.29) is 30.8 Å². The minimum atomic E-state index is -0.362. The summed E-state index contributed by atoms with van der Waals surface area (Å²) in [6.45, 7) is 2.08. The Bertz CT molecular complexity index is 741. The molecule has 0 saturated carbocycles. The molecule has 1 fully saturated rings. The van der Waals surface area contributed by atoms with Crippen LogP contribution in [0, 0.1) is 5.82 Å². The first-order valence-electron chi connectivity index (χ1n) is 8.59. The van der Waals surface area contributed by atoms with Gasteiger partial charge in [-0.2, -0.15) is 0 Å². The van der Waals surface area contributed by atoms with Crippen LogP contribution in [-0.2, 0) is 22.6 Å². The Kier molecular flexibility index (Phi) is 5.84. The van der Waals surface area contributed by atoms with Gasteiger partial charge in [-0.3, -0.25) is 4.79 Å². The molecule has 1 saturated heterocycles. The maximum absolute atomic E-state index is 12.9.